The van der Waals surface area contributed by atoms with Crippen molar-refractivity contribution in [2.75, 3.05) is 44.1 Å². The van der Waals surface area contributed by atoms with E-state index in [2.05, 4.69) is 54.5 Å². The van der Waals surface area contributed by atoms with Gasteiger partial charge in [-0.1, -0.05) is 29.0 Å². The Balaban J connectivity index is 1.64. The molecule has 2 aromatic carbocycles. The van der Waals surface area contributed by atoms with E-state index in [1.54, 1.807) is 23.1 Å². The van der Waals surface area contributed by atoms with Crippen LogP contribution in [0.5, 0.6) is 0 Å². The van der Waals surface area contributed by atoms with Gasteiger partial charge in [0.15, 0.2) is 5.13 Å². The summed E-state index contributed by atoms with van der Waals surface area (Å²) < 4.78 is 1.13. The topological polar surface area (TPSA) is 36.4 Å². The molecule has 0 aliphatic rings. The summed E-state index contributed by atoms with van der Waals surface area (Å²) in [4.78, 5) is 24.3. The van der Waals surface area contributed by atoms with Crippen LogP contribution in [0.25, 0.3) is 10.2 Å². The molecule has 4 nitrogen and oxygen atoms in total. The molecule has 0 aliphatic heterocycles. The number of carbonyl (C=O) groups excluding carboxylic acids is 1. The van der Waals surface area contributed by atoms with Crippen LogP contribution in [0.4, 0.5) is 5.13 Å². The molecule has 3 rings (SSSR count). The molecule has 3 aromatic rings. The normalized spacial score (nSPS) is 11.4. The van der Waals surface area contributed by atoms with Crippen LogP contribution >= 0.6 is 34.9 Å². The number of carbonyl (C=O) groups is 1. The lowest BCUT2D eigenvalue weighted by Crippen LogP contribution is -2.36. The van der Waals surface area contributed by atoms with E-state index in [1.807, 2.05) is 36.8 Å². The summed E-state index contributed by atoms with van der Waals surface area (Å²) in [6.07, 6.45) is 3.47. The van der Waals surface area contributed by atoms with Crippen molar-refractivity contribution in [3.63, 3.8) is 0 Å². The molecule has 7 heteroatoms. The molecule has 0 N–H and O–H groups in total. The van der Waals surface area contributed by atoms with Gasteiger partial charge in [0.1, 0.15) is 0 Å². The Morgan fingerprint density at radius 3 is 2.50 bits per heavy atom. The molecule has 160 valence electrons. The lowest BCUT2D eigenvalue weighted by atomic mass is 10.2. The van der Waals surface area contributed by atoms with Gasteiger partial charge >= 0.3 is 0 Å². The highest BCUT2D eigenvalue weighted by molar-refractivity contribution is 7.99. The minimum absolute atomic E-state index is 0.158. The second-order valence-electron chi connectivity index (χ2n) is 7.44. The second-order valence-corrected chi connectivity index (χ2v) is 10.5. The van der Waals surface area contributed by atoms with Gasteiger partial charge in [-0.2, -0.15) is 0 Å². The van der Waals surface area contributed by atoms with E-state index in [9.17, 15) is 4.79 Å². The predicted molar refractivity (Wildman–Crippen MR) is 133 cm³/mol. The molecule has 0 unspecified atom stereocenters. The zero-order valence-corrected chi connectivity index (χ0v) is 20.5. The van der Waals surface area contributed by atoms with E-state index in [0.29, 0.717) is 13.0 Å². The molecule has 0 saturated heterocycles. The highest BCUT2D eigenvalue weighted by Gasteiger charge is 2.19. The number of rotatable bonds is 10. The van der Waals surface area contributed by atoms with Crippen molar-refractivity contribution < 1.29 is 4.79 Å². The fourth-order valence-electron chi connectivity index (χ4n) is 2.95. The number of amides is 1. The first-order chi connectivity index (χ1) is 14.5. The van der Waals surface area contributed by atoms with Gasteiger partial charge in [-0.25, -0.2) is 4.98 Å². The Morgan fingerprint density at radius 2 is 1.80 bits per heavy atom. The van der Waals surface area contributed by atoms with E-state index in [0.717, 1.165) is 34.1 Å². The number of thiazole rings is 1. The lowest BCUT2D eigenvalue weighted by molar-refractivity contribution is -0.118. The van der Waals surface area contributed by atoms with Gasteiger partial charge in [0.05, 0.1) is 10.2 Å². The third-order valence-electron chi connectivity index (χ3n) is 4.71. The van der Waals surface area contributed by atoms with Crippen LogP contribution in [0.1, 0.15) is 18.4 Å². The summed E-state index contributed by atoms with van der Waals surface area (Å²) in [5.41, 5.74) is 2.23. The molecule has 0 spiro atoms. The third-order valence-corrected chi connectivity index (χ3v) is 7.58. The number of aromatic nitrogens is 1. The van der Waals surface area contributed by atoms with Crippen molar-refractivity contribution in [3.05, 3.63) is 48.0 Å². The fraction of sp³-hybridized carbons (Fsp3) is 0.391. The lowest BCUT2D eigenvalue weighted by Gasteiger charge is -2.22. The first kappa shape index (κ1) is 23.1. The monoisotopic (exact) mass is 459 g/mol. The van der Waals surface area contributed by atoms with Gasteiger partial charge in [0, 0.05) is 29.3 Å². The number of hydrogen-bond acceptors (Lipinski definition) is 6. The van der Waals surface area contributed by atoms with Gasteiger partial charge < -0.3 is 4.90 Å². The Hall–Kier alpha value is -1.54. The van der Waals surface area contributed by atoms with Crippen LogP contribution < -0.4 is 4.90 Å². The molecule has 0 saturated carbocycles. The number of thioether (sulfide) groups is 2. The first-order valence-corrected chi connectivity index (χ1v) is 13.1. The zero-order valence-electron chi connectivity index (χ0n) is 18.1. The second kappa shape index (κ2) is 11.2. The van der Waals surface area contributed by atoms with E-state index >= 15 is 0 Å². The Labute approximate surface area is 192 Å². The average Bonchev–Trinajstić information content (AvgIpc) is 3.15. The molecular weight excluding hydrogens is 430 g/mol. The maximum absolute atomic E-state index is 13.1. The number of aryl methyl sites for hydroxylation is 1. The maximum Gasteiger partial charge on any atom is 0.228 e. The molecule has 30 heavy (non-hydrogen) atoms. The summed E-state index contributed by atoms with van der Waals surface area (Å²) in [6, 6.07) is 14.9. The smallest absolute Gasteiger partial charge is 0.228 e. The summed E-state index contributed by atoms with van der Waals surface area (Å²) in [5.74, 6) is 1.10. The predicted octanol–water partition coefficient (Wildman–Crippen LogP) is 5.79. The number of anilines is 1. The summed E-state index contributed by atoms with van der Waals surface area (Å²) >= 11 is 5.14. The number of hydrogen-bond donors (Lipinski definition) is 0. The molecule has 1 amide bonds. The van der Waals surface area contributed by atoms with E-state index in [1.165, 1.54) is 15.4 Å². The molecule has 1 aromatic heterocycles. The summed E-state index contributed by atoms with van der Waals surface area (Å²) in [5, 5.41) is 0.807. The van der Waals surface area contributed by atoms with Crippen LogP contribution in [0, 0.1) is 6.92 Å². The highest BCUT2D eigenvalue weighted by Crippen LogP contribution is 2.32. The average molecular weight is 460 g/mol. The molecule has 0 bridgehead atoms. The first-order valence-electron chi connectivity index (χ1n) is 10.1. The van der Waals surface area contributed by atoms with Crippen molar-refractivity contribution in [1.29, 1.82) is 0 Å². The Morgan fingerprint density at radius 1 is 1.07 bits per heavy atom. The van der Waals surface area contributed by atoms with Crippen LogP contribution in [-0.4, -0.2) is 55.0 Å². The van der Waals surface area contributed by atoms with Gasteiger partial charge in [0.25, 0.3) is 0 Å². The van der Waals surface area contributed by atoms with Gasteiger partial charge in [-0.3, -0.25) is 9.69 Å². The van der Waals surface area contributed by atoms with Crippen molar-refractivity contribution in [2.24, 2.45) is 0 Å². The summed E-state index contributed by atoms with van der Waals surface area (Å²) in [6.45, 7) is 3.57. The van der Waals surface area contributed by atoms with Gasteiger partial charge in [-0.05, 0) is 69.8 Å². The summed E-state index contributed by atoms with van der Waals surface area (Å²) in [7, 11) is 4.06. The van der Waals surface area contributed by atoms with Crippen molar-refractivity contribution in [2.45, 2.75) is 29.6 Å². The zero-order chi connectivity index (χ0) is 21.5. The van der Waals surface area contributed by atoms with Crippen LogP contribution in [-0.2, 0) is 4.79 Å². The van der Waals surface area contributed by atoms with E-state index in [4.69, 9.17) is 4.98 Å². The quantitative estimate of drug-likeness (QED) is 0.283. The number of fused-ring (bicyclic) bond motifs is 1. The van der Waals surface area contributed by atoms with Gasteiger partial charge in [-0.15, -0.1) is 23.5 Å². The standard InChI is InChI=1S/C23H29N3OS3/c1-17-7-9-18(10-8-17)29-15-5-6-22(27)26(14-13-25(2)3)23-24-20-12-11-19(28-4)16-21(20)30-23/h7-12,16H,5-6,13-15H2,1-4H3. The molecule has 1 heterocycles. The molecule has 0 fully saturated rings. The fourth-order valence-corrected chi connectivity index (χ4v) is 5.36. The largest absolute Gasteiger partial charge is 0.308 e. The van der Waals surface area contributed by atoms with E-state index < -0.39 is 0 Å². The van der Waals surface area contributed by atoms with Crippen LogP contribution in [0.2, 0.25) is 0 Å². The molecular formula is C23H29N3OS3. The van der Waals surface area contributed by atoms with Crippen molar-refractivity contribution in [3.8, 4) is 0 Å². The van der Waals surface area contributed by atoms with Crippen molar-refractivity contribution in [1.82, 2.24) is 9.88 Å². The number of benzene rings is 2. The Kier molecular flexibility index (Phi) is 8.62. The minimum atomic E-state index is 0.158. The third kappa shape index (κ3) is 6.48. The Bertz CT molecular complexity index is 969. The number of likely N-dealkylation sites (N-methyl/N-ethyl adjacent to an activating group) is 1. The van der Waals surface area contributed by atoms with Crippen molar-refractivity contribution >= 4 is 56.1 Å². The van der Waals surface area contributed by atoms with Crippen LogP contribution in [0.15, 0.2) is 52.3 Å². The molecule has 0 atom stereocenters. The highest BCUT2D eigenvalue weighted by atomic mass is 32.2. The molecule has 0 radical (unpaired) electrons. The maximum atomic E-state index is 13.1. The molecule has 0 aliphatic carbocycles. The minimum Gasteiger partial charge on any atom is -0.308 e. The van der Waals surface area contributed by atoms with E-state index in [-0.39, 0.29) is 5.91 Å². The van der Waals surface area contributed by atoms with Gasteiger partial charge in [0.2, 0.25) is 5.91 Å². The number of nitrogens with zero attached hydrogens (tertiary/aromatic N) is 3. The van der Waals surface area contributed by atoms with Crippen LogP contribution in [0.3, 0.4) is 0 Å². The SMILES string of the molecule is CSc1ccc2nc(N(CCN(C)C)C(=O)CCCSc3ccc(C)cc3)sc2c1.